The van der Waals surface area contributed by atoms with Gasteiger partial charge < -0.3 is 9.80 Å². The van der Waals surface area contributed by atoms with Gasteiger partial charge in [-0.05, 0) is 204 Å². The van der Waals surface area contributed by atoms with Crippen LogP contribution in [0.5, 0.6) is 0 Å². The standard InChI is InChI=1S/C84H60N2/c1-5-18-65(19-6-1)83(66-20-7-2-8-21-66)79-30-15-13-28-75(79)77-50-48-73(55-81(77)83)85(69-44-40-59(41-45-69)63-38-34-57-32-36-61(57)52-63)71-26-17-27-72(54-71)86(70-46-42-60(43-47-70)64-39-35-58-33-37-62(58)53-64)74-49-51-78-76-29-14-16-31-80(76)84(82(78)56-74,67-22-9-3-10-23-67)68-24-11-4-12-25-68/h1-31,34-35,38-56H,32-33,36-37H2. The van der Waals surface area contributed by atoms with E-state index in [1.807, 2.05) is 0 Å². The van der Waals surface area contributed by atoms with Crippen molar-refractivity contribution in [3.8, 4) is 44.5 Å². The first-order valence-electron chi connectivity index (χ1n) is 30.5. The van der Waals surface area contributed by atoms with E-state index in [2.05, 4.69) is 325 Å². The van der Waals surface area contributed by atoms with E-state index in [1.165, 1.54) is 124 Å². The number of rotatable bonds is 12. The molecule has 13 aromatic rings. The molecule has 2 heteroatoms. The average Bonchev–Trinajstić information content (AvgIpc) is 1.73. The van der Waals surface area contributed by atoms with Crippen LogP contribution in [0.2, 0.25) is 0 Å². The van der Waals surface area contributed by atoms with Gasteiger partial charge in [-0.25, -0.2) is 0 Å². The Kier molecular flexibility index (Phi) is 11.7. The molecule has 0 heterocycles. The van der Waals surface area contributed by atoms with E-state index in [0.29, 0.717) is 0 Å². The molecule has 4 aliphatic carbocycles. The van der Waals surface area contributed by atoms with Crippen molar-refractivity contribution in [1.82, 2.24) is 0 Å². The van der Waals surface area contributed by atoms with Crippen molar-refractivity contribution in [2.45, 2.75) is 36.5 Å². The van der Waals surface area contributed by atoms with Gasteiger partial charge in [0.05, 0.1) is 10.8 Å². The number of nitrogens with zero attached hydrogens (tertiary/aromatic N) is 2. The molecule has 0 bridgehead atoms. The fourth-order valence-corrected chi connectivity index (χ4v) is 15.2. The summed E-state index contributed by atoms with van der Waals surface area (Å²) in [6, 6.07) is 119. The summed E-state index contributed by atoms with van der Waals surface area (Å²) in [5.41, 5.74) is 31.3. The van der Waals surface area contributed by atoms with Crippen molar-refractivity contribution in [2.75, 3.05) is 9.80 Å². The highest BCUT2D eigenvalue weighted by molar-refractivity contribution is 5.93. The van der Waals surface area contributed by atoms with Crippen molar-refractivity contribution < 1.29 is 0 Å². The summed E-state index contributed by atoms with van der Waals surface area (Å²) < 4.78 is 0. The highest BCUT2D eigenvalue weighted by Crippen LogP contribution is 2.59. The van der Waals surface area contributed by atoms with Gasteiger partial charge in [0.1, 0.15) is 0 Å². The first-order valence-corrected chi connectivity index (χ1v) is 30.5. The second-order valence-corrected chi connectivity index (χ2v) is 23.8. The van der Waals surface area contributed by atoms with Gasteiger partial charge >= 0.3 is 0 Å². The maximum absolute atomic E-state index is 2.49. The van der Waals surface area contributed by atoms with Crippen molar-refractivity contribution >= 4 is 34.1 Å². The van der Waals surface area contributed by atoms with E-state index in [1.54, 1.807) is 0 Å². The summed E-state index contributed by atoms with van der Waals surface area (Å²) in [6.45, 7) is 0. The lowest BCUT2D eigenvalue weighted by Gasteiger charge is -2.35. The molecule has 0 N–H and O–H groups in total. The van der Waals surface area contributed by atoms with Crippen LogP contribution in [0.25, 0.3) is 44.5 Å². The minimum absolute atomic E-state index is 0.567. The molecule has 4 aliphatic rings. The van der Waals surface area contributed by atoms with E-state index in [9.17, 15) is 0 Å². The maximum Gasteiger partial charge on any atom is 0.0714 e. The third-order valence-corrected chi connectivity index (χ3v) is 19.4. The first kappa shape index (κ1) is 50.0. The lowest BCUT2D eigenvalue weighted by Crippen LogP contribution is -2.28. The molecule has 2 nitrogen and oxygen atoms in total. The summed E-state index contributed by atoms with van der Waals surface area (Å²) in [4.78, 5) is 4.97. The number of anilines is 6. The topological polar surface area (TPSA) is 6.48 Å². The fraction of sp³-hybridized carbons (Fsp3) is 0.0714. The molecule has 0 aliphatic heterocycles. The molecule has 0 radical (unpaired) electrons. The van der Waals surface area contributed by atoms with Crippen LogP contribution < -0.4 is 9.80 Å². The van der Waals surface area contributed by atoms with Crippen LogP contribution in [-0.4, -0.2) is 0 Å². The van der Waals surface area contributed by atoms with Crippen LogP contribution in [0.1, 0.15) is 66.8 Å². The molecule has 0 amide bonds. The van der Waals surface area contributed by atoms with Gasteiger partial charge in [0.25, 0.3) is 0 Å². The van der Waals surface area contributed by atoms with Gasteiger partial charge in [-0.3, -0.25) is 0 Å². The number of hydrogen-bond acceptors (Lipinski definition) is 2. The van der Waals surface area contributed by atoms with Gasteiger partial charge in [0.15, 0.2) is 0 Å². The van der Waals surface area contributed by atoms with Crippen molar-refractivity contribution in [2.24, 2.45) is 0 Å². The molecule has 406 valence electrons. The highest BCUT2D eigenvalue weighted by atomic mass is 15.2. The van der Waals surface area contributed by atoms with Gasteiger partial charge in [0, 0.05) is 34.1 Å². The molecular formula is C84H60N2. The third-order valence-electron chi connectivity index (χ3n) is 19.4. The molecule has 0 saturated heterocycles. The largest absolute Gasteiger partial charge is 0.310 e. The van der Waals surface area contributed by atoms with Crippen LogP contribution >= 0.6 is 0 Å². The molecule has 0 aromatic heterocycles. The fourth-order valence-electron chi connectivity index (χ4n) is 15.2. The Balaban J connectivity index is 0.874. The molecule has 0 fully saturated rings. The van der Waals surface area contributed by atoms with Gasteiger partial charge in [-0.1, -0.05) is 249 Å². The summed E-state index contributed by atoms with van der Waals surface area (Å²) in [7, 11) is 0. The monoisotopic (exact) mass is 1100 g/mol. The van der Waals surface area contributed by atoms with Crippen LogP contribution in [0.4, 0.5) is 34.1 Å². The zero-order valence-corrected chi connectivity index (χ0v) is 47.7. The molecule has 0 saturated carbocycles. The Bertz CT molecular complexity index is 4360. The first-order chi connectivity index (χ1) is 42.6. The zero-order chi connectivity index (χ0) is 56.8. The highest BCUT2D eigenvalue weighted by Gasteiger charge is 2.48. The van der Waals surface area contributed by atoms with E-state index >= 15 is 0 Å². The molecule has 0 unspecified atom stereocenters. The van der Waals surface area contributed by atoms with E-state index in [-0.39, 0.29) is 0 Å². The van der Waals surface area contributed by atoms with Crippen LogP contribution in [0.3, 0.4) is 0 Å². The summed E-state index contributed by atoms with van der Waals surface area (Å²) in [5, 5.41) is 0. The van der Waals surface area contributed by atoms with Crippen LogP contribution in [0.15, 0.2) is 315 Å². The smallest absolute Gasteiger partial charge is 0.0714 e. The lowest BCUT2D eigenvalue weighted by molar-refractivity contribution is 0.768. The Morgan fingerprint density at radius 1 is 0.198 bits per heavy atom. The molecule has 0 atom stereocenters. The second kappa shape index (κ2) is 20.1. The van der Waals surface area contributed by atoms with Crippen molar-refractivity contribution in [3.63, 3.8) is 0 Å². The average molecular weight is 1100 g/mol. The van der Waals surface area contributed by atoms with Crippen LogP contribution in [0, 0.1) is 0 Å². The summed E-state index contributed by atoms with van der Waals surface area (Å²) in [5.74, 6) is 0. The van der Waals surface area contributed by atoms with Gasteiger partial charge in [-0.2, -0.15) is 0 Å². The van der Waals surface area contributed by atoms with E-state index in [0.717, 1.165) is 47.0 Å². The Hall–Kier alpha value is -10.5. The Labute approximate surface area is 504 Å². The molecule has 0 spiro atoms. The quantitative estimate of drug-likeness (QED) is 0.120. The predicted octanol–water partition coefficient (Wildman–Crippen LogP) is 20.9. The van der Waals surface area contributed by atoms with Crippen molar-refractivity contribution in [1.29, 1.82) is 0 Å². The normalized spacial score (nSPS) is 14.0. The third kappa shape index (κ3) is 7.72. The zero-order valence-electron chi connectivity index (χ0n) is 47.7. The molecule has 17 rings (SSSR count). The van der Waals surface area contributed by atoms with Gasteiger partial charge in [0.2, 0.25) is 0 Å². The number of hydrogen-bond donors (Lipinski definition) is 0. The number of fused-ring (bicyclic) bond motifs is 8. The minimum Gasteiger partial charge on any atom is -0.310 e. The molecule has 86 heavy (non-hydrogen) atoms. The second-order valence-electron chi connectivity index (χ2n) is 23.8. The van der Waals surface area contributed by atoms with Crippen molar-refractivity contribution in [3.05, 3.63) is 382 Å². The maximum atomic E-state index is 2.49. The van der Waals surface area contributed by atoms with E-state index < -0.39 is 10.8 Å². The Morgan fingerprint density at radius 2 is 0.512 bits per heavy atom. The van der Waals surface area contributed by atoms with E-state index in [4.69, 9.17) is 0 Å². The summed E-state index contributed by atoms with van der Waals surface area (Å²) in [6.07, 6.45) is 4.64. The molecule has 13 aromatic carbocycles. The predicted molar refractivity (Wildman–Crippen MR) is 356 cm³/mol. The molecular weight excluding hydrogens is 1040 g/mol. The van der Waals surface area contributed by atoms with Gasteiger partial charge in [-0.15, -0.1) is 0 Å². The number of aryl methyl sites for hydroxylation is 4. The summed E-state index contributed by atoms with van der Waals surface area (Å²) >= 11 is 0. The number of benzene rings is 13. The van der Waals surface area contributed by atoms with Crippen LogP contribution in [-0.2, 0) is 36.5 Å². The SMILES string of the molecule is c1ccc(C2(c3ccccc3)c3ccccc3-c3ccc(N(c4ccc(-c5ccc6c(c5)CC6)cc4)c4cccc(N(c5ccc(-c6ccc7c(c6)CC7)cc5)c5ccc6c(c5)C(c5ccccc5)(c5ccccc5)c5ccccc5-6)c4)cc32)cc1. The lowest BCUT2D eigenvalue weighted by atomic mass is 9.67. The Morgan fingerprint density at radius 3 is 0.872 bits per heavy atom. The minimum atomic E-state index is -0.567.